The molecule has 6 N–H and O–H groups in total. The van der Waals surface area contributed by atoms with Crippen molar-refractivity contribution in [3.63, 3.8) is 0 Å². The Balaban J connectivity index is 0.00000420. The summed E-state index contributed by atoms with van der Waals surface area (Å²) in [7, 11) is -4.20. The third-order valence-electron chi connectivity index (χ3n) is 4.09. The minimum Gasteiger partial charge on any atom is -0.481 e. The quantitative estimate of drug-likeness (QED) is 0.506. The van der Waals surface area contributed by atoms with Gasteiger partial charge in [0.2, 0.25) is 10.0 Å². The fraction of sp³-hybridized carbons (Fsp3) is 0.526. The number of β-amino-alcohol motifs (C(OH)–C–C–N with tert-alkyl or cyclic N) is 1. The zero-order valence-electron chi connectivity index (χ0n) is 16.7. The topological polar surface area (TPSA) is 159 Å². The van der Waals surface area contributed by atoms with Gasteiger partial charge in [-0.2, -0.15) is 4.31 Å². The number of carbonyl (C=O) groups is 1. The molecular formula is C19H28N2O7S. The van der Waals surface area contributed by atoms with Crippen molar-refractivity contribution >= 4 is 16.0 Å². The van der Waals surface area contributed by atoms with Crippen LogP contribution in [0.25, 0.3) is 0 Å². The summed E-state index contributed by atoms with van der Waals surface area (Å²) in [5.41, 5.74) is -0.144. The minimum absolute atomic E-state index is 0. The molecule has 1 saturated heterocycles. The Morgan fingerprint density at radius 3 is 2.34 bits per heavy atom. The second-order valence-corrected chi connectivity index (χ2v) is 9.53. The van der Waals surface area contributed by atoms with Gasteiger partial charge in [0.25, 0.3) is 0 Å². The number of carboxylic acid groups (broad SMARTS) is 1. The molecule has 162 valence electrons. The van der Waals surface area contributed by atoms with Gasteiger partial charge in [0.15, 0.2) is 0 Å². The molecule has 0 radical (unpaired) electrons. The predicted octanol–water partition coefficient (Wildman–Crippen LogP) is 1.05. The highest BCUT2D eigenvalue weighted by Gasteiger charge is 2.44. The van der Waals surface area contributed by atoms with Crippen LogP contribution in [-0.4, -0.2) is 59.5 Å². The van der Waals surface area contributed by atoms with Gasteiger partial charge >= 0.3 is 5.97 Å². The van der Waals surface area contributed by atoms with Crippen molar-refractivity contribution in [1.29, 1.82) is 0 Å². The number of nitrogens with zero attached hydrogens (tertiary/aromatic N) is 1. The molecule has 0 aliphatic carbocycles. The number of benzene rings is 1. The zero-order valence-corrected chi connectivity index (χ0v) is 17.5. The number of carboxylic acids is 1. The SMILES string of the molecule is CC(C)(C)C#CCOc1ccc(S(=O)(=O)N2CC(O)CC(C(=O)O)C2O)cc1.N. The molecule has 0 spiro atoms. The van der Waals surface area contributed by atoms with E-state index in [1.165, 1.54) is 24.3 Å². The molecule has 1 heterocycles. The zero-order chi connectivity index (χ0) is 21.1. The van der Waals surface area contributed by atoms with Crippen molar-refractivity contribution < 1.29 is 33.3 Å². The third kappa shape index (κ3) is 6.42. The summed E-state index contributed by atoms with van der Waals surface area (Å²) in [6.07, 6.45) is -3.15. The van der Waals surface area contributed by atoms with Crippen LogP contribution in [0, 0.1) is 23.2 Å². The van der Waals surface area contributed by atoms with E-state index in [1.54, 1.807) is 0 Å². The van der Waals surface area contributed by atoms with Gasteiger partial charge in [-0.1, -0.05) is 11.8 Å². The van der Waals surface area contributed by atoms with Gasteiger partial charge in [-0.25, -0.2) is 8.42 Å². The Hall–Kier alpha value is -2.16. The van der Waals surface area contributed by atoms with Gasteiger partial charge in [-0.3, -0.25) is 4.79 Å². The van der Waals surface area contributed by atoms with E-state index in [4.69, 9.17) is 9.84 Å². The van der Waals surface area contributed by atoms with E-state index in [9.17, 15) is 23.4 Å². The van der Waals surface area contributed by atoms with E-state index in [0.717, 1.165) is 0 Å². The first-order valence-corrected chi connectivity index (χ1v) is 10.2. The van der Waals surface area contributed by atoms with E-state index < -0.39 is 34.2 Å². The van der Waals surface area contributed by atoms with Crippen molar-refractivity contribution in [3.05, 3.63) is 24.3 Å². The number of sulfonamides is 1. The number of aliphatic hydroxyl groups excluding tert-OH is 2. The summed E-state index contributed by atoms with van der Waals surface area (Å²) in [4.78, 5) is 11.1. The maximum atomic E-state index is 12.8. The van der Waals surface area contributed by atoms with Gasteiger partial charge in [0.05, 0.1) is 16.9 Å². The molecule has 1 aromatic rings. The number of piperidine rings is 1. The summed E-state index contributed by atoms with van der Waals surface area (Å²) in [5.74, 6) is 3.55. The van der Waals surface area contributed by atoms with Crippen LogP contribution in [0.3, 0.4) is 0 Å². The maximum absolute atomic E-state index is 12.8. The van der Waals surface area contributed by atoms with Crippen LogP contribution < -0.4 is 10.9 Å². The molecule has 0 saturated carbocycles. The van der Waals surface area contributed by atoms with E-state index in [0.29, 0.717) is 10.1 Å². The average molecular weight is 429 g/mol. The molecular weight excluding hydrogens is 400 g/mol. The first kappa shape index (κ1) is 24.9. The molecule has 29 heavy (non-hydrogen) atoms. The van der Waals surface area contributed by atoms with E-state index in [2.05, 4.69) is 11.8 Å². The number of aliphatic carboxylic acids is 1. The average Bonchev–Trinajstić information content (AvgIpc) is 2.59. The summed E-state index contributed by atoms with van der Waals surface area (Å²) < 4.78 is 31.7. The molecule has 9 nitrogen and oxygen atoms in total. The lowest BCUT2D eigenvalue weighted by Gasteiger charge is -2.37. The second kappa shape index (κ2) is 9.56. The highest BCUT2D eigenvalue weighted by atomic mass is 32.2. The lowest BCUT2D eigenvalue weighted by Crippen LogP contribution is -2.55. The fourth-order valence-electron chi connectivity index (χ4n) is 2.74. The van der Waals surface area contributed by atoms with Crippen LogP contribution in [0.1, 0.15) is 27.2 Å². The van der Waals surface area contributed by atoms with Gasteiger partial charge in [-0.15, -0.1) is 0 Å². The van der Waals surface area contributed by atoms with E-state index in [-0.39, 0.29) is 36.0 Å². The molecule has 1 aliphatic heterocycles. The summed E-state index contributed by atoms with van der Waals surface area (Å²) in [6.45, 7) is 5.69. The maximum Gasteiger partial charge on any atom is 0.310 e. The van der Waals surface area contributed by atoms with E-state index >= 15 is 0 Å². The van der Waals surface area contributed by atoms with Crippen molar-refractivity contribution in [2.24, 2.45) is 11.3 Å². The van der Waals surface area contributed by atoms with Gasteiger partial charge in [-0.05, 0) is 51.5 Å². The van der Waals surface area contributed by atoms with Gasteiger partial charge in [0, 0.05) is 12.0 Å². The van der Waals surface area contributed by atoms with Crippen molar-refractivity contribution in [2.45, 2.75) is 44.4 Å². The Labute approximate surface area is 170 Å². The molecule has 3 atom stereocenters. The Morgan fingerprint density at radius 1 is 1.24 bits per heavy atom. The fourth-order valence-corrected chi connectivity index (χ4v) is 4.29. The molecule has 1 aliphatic rings. The molecule has 2 rings (SSSR count). The van der Waals surface area contributed by atoms with Crippen LogP contribution in [0.5, 0.6) is 5.75 Å². The third-order valence-corrected chi connectivity index (χ3v) is 5.94. The van der Waals surface area contributed by atoms with Crippen molar-refractivity contribution in [3.8, 4) is 17.6 Å². The highest BCUT2D eigenvalue weighted by molar-refractivity contribution is 7.89. The molecule has 10 heteroatoms. The van der Waals surface area contributed by atoms with Crippen LogP contribution in [-0.2, 0) is 14.8 Å². The normalized spacial score (nSPS) is 22.7. The van der Waals surface area contributed by atoms with Crippen molar-refractivity contribution in [1.82, 2.24) is 10.5 Å². The van der Waals surface area contributed by atoms with Crippen LogP contribution in [0.15, 0.2) is 29.2 Å². The van der Waals surface area contributed by atoms with Crippen LogP contribution in [0.2, 0.25) is 0 Å². The molecule has 0 bridgehead atoms. The molecule has 3 unspecified atom stereocenters. The second-order valence-electron chi connectivity index (χ2n) is 7.63. The Kier molecular flexibility index (Phi) is 8.20. The highest BCUT2D eigenvalue weighted by Crippen LogP contribution is 2.29. The molecule has 1 aromatic carbocycles. The number of hydrogen-bond donors (Lipinski definition) is 4. The van der Waals surface area contributed by atoms with Crippen LogP contribution >= 0.6 is 0 Å². The molecule has 1 fully saturated rings. The minimum atomic E-state index is -4.20. The standard InChI is InChI=1S/C19H25NO7S.H3N/c1-19(2,3)9-4-10-27-14-5-7-15(8-6-14)28(25,26)20-12-13(21)11-16(17(20)22)18(23)24;/h5-8,13,16-17,21-22H,10-12H2,1-3H3,(H,23,24);1H3. The largest absolute Gasteiger partial charge is 0.481 e. The number of ether oxygens (including phenoxy) is 1. The first-order chi connectivity index (χ1) is 12.9. The van der Waals surface area contributed by atoms with Gasteiger partial charge < -0.3 is 26.2 Å². The number of hydrogen-bond acceptors (Lipinski definition) is 7. The lowest BCUT2D eigenvalue weighted by atomic mass is 9.96. The molecule has 0 aromatic heterocycles. The summed E-state index contributed by atoms with van der Waals surface area (Å²) >= 11 is 0. The summed E-state index contributed by atoms with van der Waals surface area (Å²) in [5, 5.41) is 29.2. The van der Waals surface area contributed by atoms with Gasteiger partial charge in [0.1, 0.15) is 18.6 Å². The molecule has 0 amide bonds. The smallest absolute Gasteiger partial charge is 0.310 e. The van der Waals surface area contributed by atoms with Crippen molar-refractivity contribution in [2.75, 3.05) is 13.2 Å². The Morgan fingerprint density at radius 2 is 1.83 bits per heavy atom. The monoisotopic (exact) mass is 428 g/mol. The Bertz CT molecular complexity index is 867. The predicted molar refractivity (Wildman–Crippen MR) is 106 cm³/mol. The first-order valence-electron chi connectivity index (χ1n) is 8.75. The number of aliphatic hydroxyl groups is 2. The van der Waals surface area contributed by atoms with Crippen LogP contribution in [0.4, 0.5) is 0 Å². The lowest BCUT2D eigenvalue weighted by molar-refractivity contribution is -0.155. The number of rotatable bonds is 5. The summed E-state index contributed by atoms with van der Waals surface area (Å²) in [6, 6.07) is 5.50. The van der Waals surface area contributed by atoms with E-state index in [1.807, 2.05) is 20.8 Å².